The number of ether oxygens (including phenoxy) is 2. The number of rotatable bonds is 9. The predicted octanol–water partition coefficient (Wildman–Crippen LogP) is 2.30. The Hall–Kier alpha value is -3.58. The number of piperazine rings is 1. The van der Waals surface area contributed by atoms with Gasteiger partial charge in [0.2, 0.25) is 10.0 Å². The first kappa shape index (κ1) is 25.5. The van der Waals surface area contributed by atoms with Crippen molar-refractivity contribution < 1.29 is 22.3 Å². The lowest BCUT2D eigenvalue weighted by atomic mass is 10.0. The Morgan fingerprint density at radius 3 is 2.50 bits per heavy atom. The van der Waals surface area contributed by atoms with E-state index in [0.717, 1.165) is 26.2 Å². The van der Waals surface area contributed by atoms with Gasteiger partial charge >= 0.3 is 6.01 Å². The van der Waals surface area contributed by atoms with Gasteiger partial charge in [-0.1, -0.05) is 12.0 Å². The molecule has 0 amide bonds. The first-order chi connectivity index (χ1) is 17.2. The molecule has 2 aromatic heterocycles. The molecule has 1 aliphatic heterocycles. The molecule has 4 rings (SSSR count). The fourth-order valence-corrected chi connectivity index (χ4v) is 5.09. The van der Waals surface area contributed by atoms with E-state index in [4.69, 9.17) is 19.6 Å². The monoisotopic (exact) mass is 517 g/mol. The SMILES string of the molecule is CCCS(=O)(=O)Nc1cc(-c2cc(-c3nnc(N4CCN(C)CC4)o3)cnc2N)cc(OC)c1OC. The van der Waals surface area contributed by atoms with E-state index < -0.39 is 10.0 Å². The van der Waals surface area contributed by atoms with Crippen LogP contribution in [-0.2, 0) is 10.0 Å². The maximum atomic E-state index is 12.5. The Morgan fingerprint density at radius 2 is 1.83 bits per heavy atom. The van der Waals surface area contributed by atoms with Crippen LogP contribution in [-0.4, -0.2) is 81.7 Å². The van der Waals surface area contributed by atoms with Gasteiger partial charge in [0.1, 0.15) is 5.82 Å². The lowest BCUT2D eigenvalue weighted by molar-refractivity contribution is 0.305. The number of methoxy groups -OCH3 is 2. The Balaban J connectivity index is 1.71. The van der Waals surface area contributed by atoms with Crippen molar-refractivity contribution in [2.24, 2.45) is 0 Å². The zero-order valence-electron chi connectivity index (χ0n) is 20.8. The molecule has 3 N–H and O–H groups in total. The maximum absolute atomic E-state index is 12.5. The Morgan fingerprint density at radius 1 is 1.08 bits per heavy atom. The van der Waals surface area contributed by atoms with Crippen LogP contribution < -0.4 is 24.8 Å². The van der Waals surface area contributed by atoms with E-state index in [2.05, 4.69) is 31.9 Å². The number of pyridine rings is 1. The minimum absolute atomic E-state index is 0.0331. The van der Waals surface area contributed by atoms with Crippen LogP contribution in [0.1, 0.15) is 13.3 Å². The second-order valence-electron chi connectivity index (χ2n) is 8.52. The van der Waals surface area contributed by atoms with Gasteiger partial charge in [-0.2, -0.15) is 0 Å². The molecule has 3 aromatic rings. The minimum Gasteiger partial charge on any atom is -0.493 e. The minimum atomic E-state index is -3.59. The number of nitrogens with two attached hydrogens (primary N) is 1. The molecule has 1 fully saturated rings. The van der Waals surface area contributed by atoms with Gasteiger partial charge in [-0.25, -0.2) is 13.4 Å². The van der Waals surface area contributed by atoms with Crippen molar-refractivity contribution in [3.05, 3.63) is 24.4 Å². The molecule has 13 heteroatoms. The van der Waals surface area contributed by atoms with Gasteiger partial charge < -0.3 is 29.4 Å². The van der Waals surface area contributed by atoms with Crippen molar-refractivity contribution in [2.45, 2.75) is 13.3 Å². The normalized spacial score (nSPS) is 14.6. The number of likely N-dealkylation sites (N-methyl/N-ethyl adjacent to an activating group) is 1. The van der Waals surface area contributed by atoms with Gasteiger partial charge in [0.25, 0.3) is 5.89 Å². The zero-order valence-corrected chi connectivity index (χ0v) is 21.6. The maximum Gasteiger partial charge on any atom is 0.318 e. The predicted molar refractivity (Wildman–Crippen MR) is 138 cm³/mol. The highest BCUT2D eigenvalue weighted by atomic mass is 32.2. The van der Waals surface area contributed by atoms with Gasteiger partial charge in [-0.3, -0.25) is 4.72 Å². The average molecular weight is 518 g/mol. The fraction of sp³-hybridized carbons (Fsp3) is 0.435. The smallest absolute Gasteiger partial charge is 0.318 e. The summed E-state index contributed by atoms with van der Waals surface area (Å²) in [5.74, 6) is 1.12. The number of hydrogen-bond donors (Lipinski definition) is 2. The fourth-order valence-electron chi connectivity index (χ4n) is 3.96. The Kier molecular flexibility index (Phi) is 7.50. The third kappa shape index (κ3) is 5.46. The summed E-state index contributed by atoms with van der Waals surface area (Å²) in [5.41, 5.74) is 8.16. The molecule has 0 saturated carbocycles. The number of nitrogens with zero attached hydrogens (tertiary/aromatic N) is 5. The second kappa shape index (κ2) is 10.6. The zero-order chi connectivity index (χ0) is 25.9. The Labute approximate surface area is 210 Å². The van der Waals surface area contributed by atoms with Crippen molar-refractivity contribution in [2.75, 3.05) is 68.6 Å². The van der Waals surface area contributed by atoms with Gasteiger partial charge in [0, 0.05) is 37.9 Å². The van der Waals surface area contributed by atoms with Crippen molar-refractivity contribution in [1.29, 1.82) is 0 Å². The molecule has 0 aliphatic carbocycles. The molecule has 36 heavy (non-hydrogen) atoms. The summed E-state index contributed by atoms with van der Waals surface area (Å²) >= 11 is 0. The summed E-state index contributed by atoms with van der Waals surface area (Å²) in [6, 6.07) is 5.57. The molecule has 1 aliphatic rings. The number of anilines is 3. The largest absolute Gasteiger partial charge is 0.493 e. The van der Waals surface area contributed by atoms with E-state index in [0.29, 0.717) is 40.8 Å². The van der Waals surface area contributed by atoms with Crippen molar-refractivity contribution >= 4 is 27.5 Å². The molecular formula is C23H31N7O5S. The summed E-state index contributed by atoms with van der Waals surface area (Å²) in [6.07, 6.45) is 2.03. The van der Waals surface area contributed by atoms with E-state index in [1.165, 1.54) is 14.2 Å². The number of sulfonamides is 1. The van der Waals surface area contributed by atoms with Gasteiger partial charge in [-0.15, -0.1) is 5.10 Å². The molecule has 1 aromatic carbocycles. The highest BCUT2D eigenvalue weighted by molar-refractivity contribution is 7.92. The topological polar surface area (TPSA) is 149 Å². The number of aromatic nitrogens is 3. The number of benzene rings is 1. The van der Waals surface area contributed by atoms with Crippen LogP contribution in [0.15, 0.2) is 28.8 Å². The van der Waals surface area contributed by atoms with Crippen LogP contribution in [0.2, 0.25) is 0 Å². The number of hydrogen-bond acceptors (Lipinski definition) is 11. The third-order valence-electron chi connectivity index (χ3n) is 5.88. The number of nitrogens with one attached hydrogen (secondary N) is 1. The first-order valence-electron chi connectivity index (χ1n) is 11.5. The number of nitrogen functional groups attached to an aromatic ring is 1. The van der Waals surface area contributed by atoms with E-state index in [1.54, 1.807) is 31.3 Å². The lowest BCUT2D eigenvalue weighted by Gasteiger charge is -2.30. The van der Waals surface area contributed by atoms with Gasteiger partial charge in [-0.05, 0) is 37.2 Å². The summed E-state index contributed by atoms with van der Waals surface area (Å²) in [5, 5.41) is 8.41. The van der Waals surface area contributed by atoms with Gasteiger partial charge in [0.15, 0.2) is 11.5 Å². The molecule has 0 bridgehead atoms. The lowest BCUT2D eigenvalue weighted by Crippen LogP contribution is -2.44. The van der Waals surface area contributed by atoms with E-state index in [-0.39, 0.29) is 23.0 Å². The molecule has 12 nitrogen and oxygen atoms in total. The van der Waals surface area contributed by atoms with Crippen molar-refractivity contribution in [1.82, 2.24) is 20.1 Å². The van der Waals surface area contributed by atoms with E-state index >= 15 is 0 Å². The summed E-state index contributed by atoms with van der Waals surface area (Å²) in [6.45, 7) is 5.21. The third-order valence-corrected chi connectivity index (χ3v) is 7.36. The van der Waals surface area contributed by atoms with E-state index in [1.807, 2.05) is 4.90 Å². The molecule has 1 saturated heterocycles. The highest BCUT2D eigenvalue weighted by Crippen LogP contribution is 2.42. The summed E-state index contributed by atoms with van der Waals surface area (Å²) in [4.78, 5) is 8.60. The molecular weight excluding hydrogens is 486 g/mol. The average Bonchev–Trinajstić information content (AvgIpc) is 3.34. The second-order valence-corrected chi connectivity index (χ2v) is 10.4. The molecule has 194 valence electrons. The summed E-state index contributed by atoms with van der Waals surface area (Å²) < 4.78 is 44.4. The van der Waals surface area contributed by atoms with Crippen LogP contribution >= 0.6 is 0 Å². The molecule has 3 heterocycles. The molecule has 0 radical (unpaired) electrons. The van der Waals surface area contributed by atoms with Crippen LogP contribution in [0.5, 0.6) is 11.5 Å². The van der Waals surface area contributed by atoms with Crippen LogP contribution in [0.25, 0.3) is 22.6 Å². The van der Waals surface area contributed by atoms with Gasteiger partial charge in [0.05, 0.1) is 31.2 Å². The molecule has 0 unspecified atom stereocenters. The van der Waals surface area contributed by atoms with Crippen molar-refractivity contribution in [3.63, 3.8) is 0 Å². The molecule has 0 atom stereocenters. The standard InChI is InChI=1S/C23H31N7O5S/c1-5-10-36(31,32)28-18-12-15(13-19(33-3)20(18)34-4)17-11-16(14-25-21(17)24)22-26-27-23(35-22)30-8-6-29(2)7-9-30/h11-14,28H,5-10H2,1-4H3,(H2,24,25). The summed E-state index contributed by atoms with van der Waals surface area (Å²) in [7, 11) is 1.41. The van der Waals surface area contributed by atoms with E-state index in [9.17, 15) is 8.42 Å². The van der Waals surface area contributed by atoms with Crippen LogP contribution in [0.4, 0.5) is 17.5 Å². The molecule has 0 spiro atoms. The van der Waals surface area contributed by atoms with Crippen molar-refractivity contribution in [3.8, 4) is 34.1 Å². The quantitative estimate of drug-likeness (QED) is 0.430. The van der Waals surface area contributed by atoms with Crippen LogP contribution in [0.3, 0.4) is 0 Å². The van der Waals surface area contributed by atoms with Crippen LogP contribution in [0, 0.1) is 0 Å². The highest BCUT2D eigenvalue weighted by Gasteiger charge is 2.22. The Bertz CT molecular complexity index is 1320. The first-order valence-corrected chi connectivity index (χ1v) is 13.2.